The van der Waals surface area contributed by atoms with Crippen molar-refractivity contribution in [2.24, 2.45) is 0 Å². The maximum absolute atomic E-state index is 11.2. The van der Waals surface area contributed by atoms with Crippen LogP contribution in [-0.2, 0) is 10.8 Å². The summed E-state index contributed by atoms with van der Waals surface area (Å²) in [6.07, 6.45) is 2.59. The molecule has 98 valence electrons. The van der Waals surface area contributed by atoms with Gasteiger partial charge in [0.25, 0.3) is 0 Å². The van der Waals surface area contributed by atoms with Gasteiger partial charge in [-0.15, -0.1) is 0 Å². The first-order chi connectivity index (χ1) is 8.49. The summed E-state index contributed by atoms with van der Waals surface area (Å²) in [5.74, 6) is 0.698. The molecular weight excluding hydrogens is 332 g/mol. The molecule has 3 nitrogen and oxygen atoms in total. The minimum atomic E-state index is -0.759. The summed E-state index contributed by atoms with van der Waals surface area (Å²) < 4.78 is 15.0. The smallest absolute Gasteiger partial charge is 0.178 e. The number of imidazole rings is 1. The fourth-order valence-corrected chi connectivity index (χ4v) is 3.41. The maximum Gasteiger partial charge on any atom is 0.178 e. The third-order valence-electron chi connectivity index (χ3n) is 2.94. The summed E-state index contributed by atoms with van der Waals surface area (Å²) in [7, 11) is -0.759. The zero-order chi connectivity index (χ0) is 13.3. The number of halogens is 1. The minimum Gasteiger partial charge on any atom is -0.331 e. The van der Waals surface area contributed by atoms with Crippen LogP contribution in [0.4, 0.5) is 0 Å². The molecule has 1 heterocycles. The van der Waals surface area contributed by atoms with Crippen LogP contribution in [0.15, 0.2) is 22.7 Å². The molecule has 0 spiro atoms. The monoisotopic (exact) mass is 346 g/mol. The van der Waals surface area contributed by atoms with E-state index < -0.39 is 10.8 Å². The second-order valence-corrected chi connectivity index (χ2v) is 7.23. The molecule has 0 radical (unpaired) electrons. The Morgan fingerprint density at radius 2 is 2.28 bits per heavy atom. The van der Waals surface area contributed by atoms with Crippen molar-refractivity contribution in [2.75, 3.05) is 12.0 Å². The van der Waals surface area contributed by atoms with E-state index in [9.17, 15) is 4.21 Å². The van der Waals surface area contributed by atoms with Crippen LogP contribution in [0.5, 0.6) is 0 Å². The van der Waals surface area contributed by atoms with Gasteiger partial charge in [0.05, 0.1) is 11.0 Å². The zero-order valence-corrected chi connectivity index (χ0v) is 13.5. The van der Waals surface area contributed by atoms with Gasteiger partial charge in [0.2, 0.25) is 0 Å². The molecule has 2 unspecified atom stereocenters. The maximum atomic E-state index is 11.2. The highest BCUT2D eigenvalue weighted by Gasteiger charge is 2.11. The summed E-state index contributed by atoms with van der Waals surface area (Å²) in [6, 6.07) is 6.30. The Bertz CT molecular complexity index is 647. The zero-order valence-electron chi connectivity index (χ0n) is 10.3. The number of aromatic amines is 1. The van der Waals surface area contributed by atoms with Crippen molar-refractivity contribution in [3.8, 4) is 0 Å². The molecule has 0 bridgehead atoms. The Balaban J connectivity index is 2.42. The molecule has 2 rings (SSSR count). The average Bonchev–Trinajstić information content (AvgIpc) is 2.61. The van der Waals surface area contributed by atoms with Gasteiger partial charge in [-0.25, -0.2) is 0 Å². The Hall–Kier alpha value is -0.460. The van der Waals surface area contributed by atoms with Crippen LogP contribution >= 0.6 is 28.1 Å². The van der Waals surface area contributed by atoms with E-state index in [1.807, 2.05) is 12.1 Å². The Morgan fingerprint density at radius 3 is 2.94 bits per heavy atom. The molecule has 0 amide bonds. The van der Waals surface area contributed by atoms with Gasteiger partial charge in [-0.2, -0.15) is 0 Å². The first-order valence-corrected chi connectivity index (χ1v) is 8.61. The van der Waals surface area contributed by atoms with Crippen molar-refractivity contribution in [1.82, 2.24) is 9.55 Å². The quantitative estimate of drug-likeness (QED) is 0.855. The third-order valence-corrected chi connectivity index (χ3v) is 4.55. The first kappa shape index (κ1) is 14.0. The predicted octanol–water partition coefficient (Wildman–Crippen LogP) is 3.79. The SMILES string of the molecule is CC(CCS(C)=O)n1c(=S)[nH]c2ccc(Br)cc21. The topological polar surface area (TPSA) is 37.8 Å². The number of nitrogens with zero attached hydrogens (tertiary/aromatic N) is 1. The van der Waals surface area contributed by atoms with Crippen LogP contribution in [-0.4, -0.2) is 25.8 Å². The van der Waals surface area contributed by atoms with Crippen LogP contribution in [0.2, 0.25) is 0 Å². The Morgan fingerprint density at radius 1 is 1.56 bits per heavy atom. The van der Waals surface area contributed by atoms with E-state index in [2.05, 4.69) is 38.5 Å². The average molecular weight is 347 g/mol. The summed E-state index contributed by atoms with van der Waals surface area (Å²) in [6.45, 7) is 2.11. The molecule has 0 saturated carbocycles. The van der Waals surface area contributed by atoms with E-state index in [1.165, 1.54) is 0 Å². The summed E-state index contributed by atoms with van der Waals surface area (Å²) in [4.78, 5) is 3.20. The highest BCUT2D eigenvalue weighted by molar-refractivity contribution is 9.10. The number of nitrogens with one attached hydrogen (secondary N) is 1. The molecule has 2 atom stereocenters. The lowest BCUT2D eigenvalue weighted by atomic mass is 10.2. The van der Waals surface area contributed by atoms with Crippen molar-refractivity contribution in [3.05, 3.63) is 27.4 Å². The van der Waals surface area contributed by atoms with E-state index in [-0.39, 0.29) is 6.04 Å². The van der Waals surface area contributed by atoms with E-state index in [4.69, 9.17) is 12.2 Å². The lowest BCUT2D eigenvalue weighted by Crippen LogP contribution is -2.09. The van der Waals surface area contributed by atoms with Crippen LogP contribution in [0, 0.1) is 4.77 Å². The van der Waals surface area contributed by atoms with Crippen molar-refractivity contribution in [3.63, 3.8) is 0 Å². The van der Waals surface area contributed by atoms with Crippen molar-refractivity contribution in [2.45, 2.75) is 19.4 Å². The highest BCUT2D eigenvalue weighted by Crippen LogP contribution is 2.24. The first-order valence-electron chi connectivity index (χ1n) is 5.69. The van der Waals surface area contributed by atoms with Gasteiger partial charge in [-0.1, -0.05) is 15.9 Å². The molecule has 0 fully saturated rings. The molecule has 1 N–H and O–H groups in total. The van der Waals surface area contributed by atoms with Gasteiger partial charge >= 0.3 is 0 Å². The number of hydrogen-bond donors (Lipinski definition) is 1. The second-order valence-electron chi connectivity index (χ2n) is 4.38. The Labute approximate surface area is 122 Å². The standard InChI is InChI=1S/C12H15BrN2OS2/c1-8(5-6-18(2)16)15-11-7-9(13)3-4-10(11)14-12(15)17/h3-4,7-8H,5-6H2,1-2H3,(H,14,17). The molecule has 0 aliphatic rings. The van der Waals surface area contributed by atoms with Gasteiger partial charge in [0.15, 0.2) is 4.77 Å². The largest absolute Gasteiger partial charge is 0.331 e. The number of H-pyrrole nitrogens is 1. The van der Waals surface area contributed by atoms with Gasteiger partial charge in [0, 0.05) is 33.3 Å². The Kier molecular flexibility index (Phi) is 4.40. The van der Waals surface area contributed by atoms with E-state index in [0.717, 1.165) is 26.7 Å². The minimum absolute atomic E-state index is 0.240. The summed E-state index contributed by atoms with van der Waals surface area (Å²) >= 11 is 8.85. The van der Waals surface area contributed by atoms with Gasteiger partial charge in [-0.3, -0.25) is 4.21 Å². The van der Waals surface area contributed by atoms with Crippen LogP contribution in [0.1, 0.15) is 19.4 Å². The van der Waals surface area contributed by atoms with Crippen molar-refractivity contribution < 1.29 is 4.21 Å². The second kappa shape index (κ2) is 5.67. The number of hydrogen-bond acceptors (Lipinski definition) is 2. The fraction of sp³-hybridized carbons (Fsp3) is 0.417. The van der Waals surface area contributed by atoms with Gasteiger partial charge in [-0.05, 0) is 43.8 Å². The third kappa shape index (κ3) is 2.92. The predicted molar refractivity (Wildman–Crippen MR) is 83.1 cm³/mol. The molecule has 6 heteroatoms. The van der Waals surface area contributed by atoms with Gasteiger partial charge in [0.1, 0.15) is 0 Å². The number of benzene rings is 1. The van der Waals surface area contributed by atoms with E-state index in [0.29, 0.717) is 5.75 Å². The fourth-order valence-electron chi connectivity index (χ4n) is 2.00. The molecule has 18 heavy (non-hydrogen) atoms. The number of fused-ring (bicyclic) bond motifs is 1. The molecule has 0 saturated heterocycles. The van der Waals surface area contributed by atoms with Crippen LogP contribution in [0.25, 0.3) is 11.0 Å². The molecule has 1 aromatic carbocycles. The number of aromatic nitrogens is 2. The summed E-state index contributed by atoms with van der Waals surface area (Å²) in [5, 5.41) is 0. The lowest BCUT2D eigenvalue weighted by molar-refractivity contribution is 0.539. The van der Waals surface area contributed by atoms with E-state index in [1.54, 1.807) is 6.26 Å². The van der Waals surface area contributed by atoms with E-state index >= 15 is 0 Å². The highest BCUT2D eigenvalue weighted by atomic mass is 79.9. The molecule has 0 aliphatic heterocycles. The van der Waals surface area contributed by atoms with Gasteiger partial charge < -0.3 is 9.55 Å². The lowest BCUT2D eigenvalue weighted by Gasteiger charge is -2.13. The number of rotatable bonds is 4. The van der Waals surface area contributed by atoms with Crippen molar-refractivity contribution >= 4 is 50.0 Å². The van der Waals surface area contributed by atoms with Crippen LogP contribution in [0.3, 0.4) is 0 Å². The molecular formula is C12H15BrN2OS2. The molecule has 0 aliphatic carbocycles. The van der Waals surface area contributed by atoms with Crippen LogP contribution < -0.4 is 0 Å². The normalized spacial score (nSPS) is 14.8. The molecule has 1 aromatic heterocycles. The molecule has 2 aromatic rings. The summed E-state index contributed by atoms with van der Waals surface area (Å²) in [5.41, 5.74) is 2.12. The van der Waals surface area contributed by atoms with Crippen molar-refractivity contribution in [1.29, 1.82) is 0 Å².